The number of likely N-dealkylation sites (tertiary alicyclic amines) is 1. The van der Waals surface area contributed by atoms with Gasteiger partial charge in [0.15, 0.2) is 0 Å². The molecule has 1 aliphatic rings. The number of nitrogens with zero attached hydrogens (tertiary/aromatic N) is 2. The third kappa shape index (κ3) is 4.16. The van der Waals surface area contributed by atoms with Crippen LogP contribution in [0.5, 0.6) is 0 Å². The topological polar surface area (TPSA) is 61.8 Å². The lowest BCUT2D eigenvalue weighted by Crippen LogP contribution is -2.39. The summed E-state index contributed by atoms with van der Waals surface area (Å²) in [6.45, 7) is 7.77. The Morgan fingerprint density at radius 1 is 1.14 bits per heavy atom. The van der Waals surface area contributed by atoms with Crippen molar-refractivity contribution in [3.63, 3.8) is 0 Å². The Bertz CT molecular complexity index is 565. The molecule has 22 heavy (non-hydrogen) atoms. The fourth-order valence-electron chi connectivity index (χ4n) is 2.35. The predicted molar refractivity (Wildman–Crippen MR) is 86.7 cm³/mol. The van der Waals surface area contributed by atoms with Gasteiger partial charge in [-0.25, -0.2) is 5.43 Å². The zero-order valence-corrected chi connectivity index (χ0v) is 13.4. The summed E-state index contributed by atoms with van der Waals surface area (Å²) < 4.78 is 0. The molecule has 0 bridgehead atoms. The minimum atomic E-state index is -0.676. The molecule has 0 radical (unpaired) electrons. The maximum absolute atomic E-state index is 11.8. The van der Waals surface area contributed by atoms with Gasteiger partial charge in [-0.05, 0) is 29.4 Å². The van der Waals surface area contributed by atoms with Gasteiger partial charge in [0.25, 0.3) is 0 Å². The van der Waals surface area contributed by atoms with E-state index < -0.39 is 11.8 Å². The number of benzene rings is 1. The zero-order valence-electron chi connectivity index (χ0n) is 13.4. The minimum Gasteiger partial charge on any atom is -0.334 e. The molecule has 1 N–H and O–H groups in total. The maximum atomic E-state index is 11.8. The molecule has 5 heteroatoms. The molecule has 2 rings (SSSR count). The first-order chi connectivity index (χ1) is 10.4. The first-order valence-electron chi connectivity index (χ1n) is 7.61. The van der Waals surface area contributed by atoms with Gasteiger partial charge < -0.3 is 4.90 Å². The number of nitrogens with one attached hydrogen (secondary N) is 1. The van der Waals surface area contributed by atoms with Crippen molar-refractivity contribution >= 4 is 18.0 Å². The van der Waals surface area contributed by atoms with Crippen LogP contribution >= 0.6 is 0 Å². The summed E-state index contributed by atoms with van der Waals surface area (Å²) in [7, 11) is 0. The summed E-state index contributed by atoms with van der Waals surface area (Å²) in [6.07, 6.45) is 3.46. The number of hydrogen-bond donors (Lipinski definition) is 1. The molecule has 1 heterocycles. The first kappa shape index (κ1) is 16.2. The highest BCUT2D eigenvalue weighted by Crippen LogP contribution is 2.21. The van der Waals surface area contributed by atoms with E-state index in [4.69, 9.17) is 0 Å². The number of rotatable bonds is 2. The van der Waals surface area contributed by atoms with Gasteiger partial charge in [-0.15, -0.1) is 0 Å². The van der Waals surface area contributed by atoms with Crippen LogP contribution in [0.25, 0.3) is 0 Å². The quantitative estimate of drug-likeness (QED) is 0.516. The molecule has 0 saturated carbocycles. The lowest BCUT2D eigenvalue weighted by Gasteiger charge is -2.18. The third-order valence-electron chi connectivity index (χ3n) is 3.74. The highest BCUT2D eigenvalue weighted by Gasteiger charge is 2.23. The van der Waals surface area contributed by atoms with E-state index in [9.17, 15) is 9.59 Å². The van der Waals surface area contributed by atoms with Crippen LogP contribution in [0.3, 0.4) is 0 Å². The smallest absolute Gasteiger partial charge is 0.329 e. The second kappa shape index (κ2) is 6.73. The minimum absolute atomic E-state index is 0.103. The van der Waals surface area contributed by atoms with Crippen molar-refractivity contribution in [3.05, 3.63) is 35.4 Å². The molecule has 1 fully saturated rings. The highest BCUT2D eigenvalue weighted by atomic mass is 16.2. The molecule has 0 aliphatic carbocycles. The van der Waals surface area contributed by atoms with Gasteiger partial charge in [-0.1, -0.05) is 45.0 Å². The Labute approximate surface area is 131 Å². The van der Waals surface area contributed by atoms with Gasteiger partial charge in [0.2, 0.25) is 0 Å². The Morgan fingerprint density at radius 3 is 2.27 bits per heavy atom. The molecule has 1 aliphatic heterocycles. The molecule has 118 valence electrons. The molecular weight excluding hydrogens is 278 g/mol. The predicted octanol–water partition coefficient (Wildman–Crippen LogP) is 2.06. The normalized spacial score (nSPS) is 15.3. The Hall–Kier alpha value is -2.17. The van der Waals surface area contributed by atoms with Crippen LogP contribution in [0.15, 0.2) is 29.4 Å². The van der Waals surface area contributed by atoms with Crippen molar-refractivity contribution in [1.29, 1.82) is 0 Å². The standard InChI is InChI=1S/C17H23N3O2/c1-17(2,3)14-8-6-13(7-9-14)12-18-19-15(21)16(22)20-10-4-5-11-20/h6-9,12H,4-5,10-11H2,1-3H3,(H,19,21). The van der Waals surface area contributed by atoms with Crippen LogP contribution in [0.1, 0.15) is 44.7 Å². The van der Waals surface area contributed by atoms with Gasteiger partial charge in [0, 0.05) is 13.1 Å². The average molecular weight is 301 g/mol. The van der Waals surface area contributed by atoms with Crippen LogP contribution < -0.4 is 5.43 Å². The molecule has 1 aromatic rings. The molecule has 5 nitrogen and oxygen atoms in total. The van der Waals surface area contributed by atoms with Crippen LogP contribution in [-0.4, -0.2) is 36.0 Å². The lowest BCUT2D eigenvalue weighted by molar-refractivity contribution is -0.145. The zero-order chi connectivity index (χ0) is 16.2. The van der Waals surface area contributed by atoms with Crippen LogP contribution in [0.4, 0.5) is 0 Å². The van der Waals surface area contributed by atoms with Gasteiger partial charge >= 0.3 is 11.8 Å². The van der Waals surface area contributed by atoms with E-state index in [1.54, 1.807) is 11.1 Å². The highest BCUT2D eigenvalue weighted by molar-refractivity contribution is 6.35. The van der Waals surface area contributed by atoms with Gasteiger partial charge in [0.1, 0.15) is 0 Å². The first-order valence-corrected chi connectivity index (χ1v) is 7.61. The SMILES string of the molecule is CC(C)(C)c1ccc(C=NNC(=O)C(=O)N2CCCC2)cc1. The van der Waals surface area contributed by atoms with E-state index >= 15 is 0 Å². The van der Waals surface area contributed by atoms with E-state index in [0.717, 1.165) is 18.4 Å². The van der Waals surface area contributed by atoms with E-state index in [0.29, 0.717) is 13.1 Å². The van der Waals surface area contributed by atoms with E-state index in [1.807, 2.05) is 24.3 Å². The second-order valence-corrected chi connectivity index (χ2v) is 6.57. The number of amides is 2. The van der Waals surface area contributed by atoms with Gasteiger partial charge in [-0.3, -0.25) is 9.59 Å². The molecule has 0 atom stereocenters. The van der Waals surface area contributed by atoms with Crippen molar-refractivity contribution in [1.82, 2.24) is 10.3 Å². The Kier molecular flexibility index (Phi) is 4.96. The van der Waals surface area contributed by atoms with E-state index in [2.05, 4.69) is 31.3 Å². The largest absolute Gasteiger partial charge is 0.334 e. The summed E-state index contributed by atoms with van der Waals surface area (Å²) in [5, 5.41) is 3.85. The number of carbonyl (C=O) groups is 2. The van der Waals surface area contributed by atoms with Gasteiger partial charge in [-0.2, -0.15) is 5.10 Å². The third-order valence-corrected chi connectivity index (χ3v) is 3.74. The van der Waals surface area contributed by atoms with Crippen LogP contribution in [0, 0.1) is 0 Å². The monoisotopic (exact) mass is 301 g/mol. The summed E-state index contributed by atoms with van der Waals surface area (Å²) >= 11 is 0. The van der Waals surface area contributed by atoms with Gasteiger partial charge in [0.05, 0.1) is 6.21 Å². The van der Waals surface area contributed by atoms with Crippen LogP contribution in [0.2, 0.25) is 0 Å². The van der Waals surface area contributed by atoms with E-state index in [-0.39, 0.29) is 5.41 Å². The summed E-state index contributed by atoms with van der Waals surface area (Å²) in [4.78, 5) is 25.0. The second-order valence-electron chi connectivity index (χ2n) is 6.57. The molecule has 2 amide bonds. The summed E-state index contributed by atoms with van der Waals surface area (Å²) in [5.41, 5.74) is 4.51. The van der Waals surface area contributed by atoms with Crippen molar-refractivity contribution in [3.8, 4) is 0 Å². The van der Waals surface area contributed by atoms with Crippen molar-refractivity contribution in [2.75, 3.05) is 13.1 Å². The lowest BCUT2D eigenvalue weighted by atomic mass is 9.87. The molecule has 1 saturated heterocycles. The molecule has 0 spiro atoms. The Morgan fingerprint density at radius 2 is 1.73 bits per heavy atom. The molecule has 1 aromatic carbocycles. The fraction of sp³-hybridized carbons (Fsp3) is 0.471. The summed E-state index contributed by atoms with van der Waals surface area (Å²) in [5.74, 6) is -1.18. The molecule has 0 unspecified atom stereocenters. The average Bonchev–Trinajstić information content (AvgIpc) is 3.00. The molecular formula is C17H23N3O2. The number of hydrazone groups is 1. The maximum Gasteiger partial charge on any atom is 0.329 e. The van der Waals surface area contributed by atoms with Crippen LogP contribution in [-0.2, 0) is 15.0 Å². The van der Waals surface area contributed by atoms with Crippen molar-refractivity contribution in [2.45, 2.75) is 39.0 Å². The van der Waals surface area contributed by atoms with Crippen molar-refractivity contribution in [2.24, 2.45) is 5.10 Å². The molecule has 0 aromatic heterocycles. The number of carbonyl (C=O) groups excluding carboxylic acids is 2. The number of hydrogen-bond acceptors (Lipinski definition) is 3. The fourth-order valence-corrected chi connectivity index (χ4v) is 2.35. The summed E-state index contributed by atoms with van der Waals surface area (Å²) in [6, 6.07) is 7.97. The van der Waals surface area contributed by atoms with Crippen molar-refractivity contribution < 1.29 is 9.59 Å². The Balaban J connectivity index is 1.89. The van der Waals surface area contributed by atoms with E-state index in [1.165, 1.54) is 5.56 Å².